The molecule has 0 radical (unpaired) electrons. The molecule has 35 heavy (non-hydrogen) atoms. The standard InChI is InChI=1S/C28H42NO5P/c1-2-3-22-34-35(31,28-8-5-4-6-9-28)23-33-27-14-10-24(11-15-27)18-20-29-19-7-21-32-26-16-12-25(30)13-17-26/h10-17,28-30H,2-9,18-23H2,1H3. The molecule has 2 aromatic rings. The lowest BCUT2D eigenvalue weighted by atomic mass is 10.0. The monoisotopic (exact) mass is 503 g/mol. The highest BCUT2D eigenvalue weighted by molar-refractivity contribution is 7.59. The Hall–Kier alpha value is -2.01. The maximum Gasteiger partial charge on any atom is 0.242 e. The van der Waals surface area contributed by atoms with Crippen LogP contribution in [0, 0.1) is 0 Å². The highest BCUT2D eigenvalue weighted by Gasteiger charge is 2.36. The van der Waals surface area contributed by atoms with Gasteiger partial charge in [0.15, 0.2) is 6.35 Å². The fourth-order valence-electron chi connectivity index (χ4n) is 4.29. The van der Waals surface area contributed by atoms with Gasteiger partial charge < -0.3 is 24.4 Å². The molecule has 0 bridgehead atoms. The van der Waals surface area contributed by atoms with E-state index in [1.807, 2.05) is 12.1 Å². The summed E-state index contributed by atoms with van der Waals surface area (Å²) in [6.07, 6.45) is 9.48. The Morgan fingerprint density at radius 2 is 1.57 bits per heavy atom. The summed E-state index contributed by atoms with van der Waals surface area (Å²) in [5, 5.41) is 12.7. The first-order valence-corrected chi connectivity index (χ1v) is 15.0. The fourth-order valence-corrected chi connectivity index (χ4v) is 6.71. The Morgan fingerprint density at radius 3 is 2.29 bits per heavy atom. The van der Waals surface area contributed by atoms with Crippen LogP contribution in [0.25, 0.3) is 0 Å². The van der Waals surface area contributed by atoms with Crippen molar-refractivity contribution in [2.24, 2.45) is 0 Å². The molecule has 0 aliphatic heterocycles. The molecule has 3 rings (SSSR count). The van der Waals surface area contributed by atoms with E-state index in [4.69, 9.17) is 14.0 Å². The number of nitrogens with one attached hydrogen (secondary N) is 1. The minimum atomic E-state index is -2.81. The first kappa shape index (κ1) is 27.6. The van der Waals surface area contributed by atoms with Gasteiger partial charge in [0, 0.05) is 5.66 Å². The zero-order valence-corrected chi connectivity index (χ0v) is 22.0. The van der Waals surface area contributed by atoms with Gasteiger partial charge in [0.1, 0.15) is 17.2 Å². The topological polar surface area (TPSA) is 77.0 Å². The van der Waals surface area contributed by atoms with Gasteiger partial charge in [-0.3, -0.25) is 4.57 Å². The van der Waals surface area contributed by atoms with Gasteiger partial charge in [0.2, 0.25) is 7.37 Å². The zero-order valence-electron chi connectivity index (χ0n) is 21.1. The van der Waals surface area contributed by atoms with Crippen LogP contribution in [-0.4, -0.2) is 43.4 Å². The van der Waals surface area contributed by atoms with Gasteiger partial charge >= 0.3 is 0 Å². The van der Waals surface area contributed by atoms with Crippen LogP contribution < -0.4 is 14.8 Å². The van der Waals surface area contributed by atoms with Crippen molar-refractivity contribution in [3.63, 3.8) is 0 Å². The van der Waals surface area contributed by atoms with Gasteiger partial charge in [-0.25, -0.2) is 0 Å². The van der Waals surface area contributed by atoms with Crippen molar-refractivity contribution in [2.75, 3.05) is 32.7 Å². The van der Waals surface area contributed by atoms with Gasteiger partial charge in [-0.05, 0) is 87.2 Å². The molecule has 0 aromatic heterocycles. The lowest BCUT2D eigenvalue weighted by Crippen LogP contribution is -2.20. The number of ether oxygens (including phenoxy) is 2. The van der Waals surface area contributed by atoms with Crippen LogP contribution in [0.4, 0.5) is 0 Å². The number of rotatable bonds is 16. The van der Waals surface area contributed by atoms with E-state index in [1.165, 1.54) is 12.0 Å². The fraction of sp³-hybridized carbons (Fsp3) is 0.571. The normalized spacial score (nSPS) is 16.0. The largest absolute Gasteiger partial charge is 0.508 e. The van der Waals surface area contributed by atoms with E-state index >= 15 is 0 Å². The van der Waals surface area contributed by atoms with E-state index in [0.29, 0.717) is 13.2 Å². The van der Waals surface area contributed by atoms with Gasteiger partial charge in [0.05, 0.1) is 13.2 Å². The Bertz CT molecular complexity index is 881. The second kappa shape index (κ2) is 15.2. The van der Waals surface area contributed by atoms with Crippen molar-refractivity contribution >= 4 is 7.37 Å². The van der Waals surface area contributed by atoms with Gasteiger partial charge in [-0.1, -0.05) is 44.7 Å². The van der Waals surface area contributed by atoms with Gasteiger partial charge in [-0.2, -0.15) is 0 Å². The van der Waals surface area contributed by atoms with Crippen molar-refractivity contribution in [3.8, 4) is 17.2 Å². The SMILES string of the molecule is CCCCOP(=O)(COc1ccc(CCNCCCOc2ccc(O)cc2)cc1)C1CCCCC1. The predicted molar refractivity (Wildman–Crippen MR) is 142 cm³/mol. The number of phenols is 1. The summed E-state index contributed by atoms with van der Waals surface area (Å²) < 4.78 is 31.3. The van der Waals surface area contributed by atoms with Crippen LogP contribution >= 0.6 is 7.37 Å². The lowest BCUT2D eigenvalue weighted by Gasteiger charge is -2.30. The van der Waals surface area contributed by atoms with Crippen molar-refractivity contribution in [3.05, 3.63) is 54.1 Å². The third kappa shape index (κ3) is 9.87. The Morgan fingerprint density at radius 1 is 0.886 bits per heavy atom. The van der Waals surface area contributed by atoms with E-state index < -0.39 is 7.37 Å². The molecule has 0 amide bonds. The maximum absolute atomic E-state index is 13.7. The number of unbranched alkanes of at least 4 members (excludes halogenated alkanes) is 1. The lowest BCUT2D eigenvalue weighted by molar-refractivity contribution is 0.263. The summed E-state index contributed by atoms with van der Waals surface area (Å²) >= 11 is 0. The molecule has 1 atom stereocenters. The third-order valence-corrected chi connectivity index (χ3v) is 9.20. The highest BCUT2D eigenvalue weighted by Crippen LogP contribution is 2.56. The summed E-state index contributed by atoms with van der Waals surface area (Å²) in [7, 11) is -2.81. The number of hydrogen-bond acceptors (Lipinski definition) is 6. The van der Waals surface area contributed by atoms with Crippen LogP contribution in [0.5, 0.6) is 17.2 Å². The number of hydrogen-bond donors (Lipinski definition) is 2. The second-order valence-corrected chi connectivity index (χ2v) is 12.0. The van der Waals surface area contributed by atoms with Crippen molar-refractivity contribution in [1.82, 2.24) is 5.32 Å². The second-order valence-electron chi connectivity index (χ2n) is 9.32. The molecule has 1 saturated carbocycles. The van der Waals surface area contributed by atoms with Gasteiger partial charge in [-0.15, -0.1) is 0 Å². The third-order valence-electron chi connectivity index (χ3n) is 6.47. The molecular formula is C28H42NO5P. The van der Waals surface area contributed by atoms with E-state index in [1.54, 1.807) is 24.3 Å². The van der Waals surface area contributed by atoms with Crippen LogP contribution in [-0.2, 0) is 15.5 Å². The average Bonchev–Trinajstić information content (AvgIpc) is 2.89. The quantitative estimate of drug-likeness (QED) is 0.195. The summed E-state index contributed by atoms with van der Waals surface area (Å²) in [6.45, 7) is 5.09. The van der Waals surface area contributed by atoms with Crippen molar-refractivity contribution < 1.29 is 23.7 Å². The Labute approximate surface area is 210 Å². The van der Waals surface area contributed by atoms with E-state index in [0.717, 1.165) is 76.0 Å². The summed E-state index contributed by atoms with van der Waals surface area (Å²) in [5.41, 5.74) is 1.38. The first-order valence-electron chi connectivity index (χ1n) is 13.2. The summed E-state index contributed by atoms with van der Waals surface area (Å²) in [6, 6.07) is 14.9. The van der Waals surface area contributed by atoms with E-state index in [-0.39, 0.29) is 17.8 Å². The molecule has 2 N–H and O–H groups in total. The molecule has 0 heterocycles. The van der Waals surface area contributed by atoms with Crippen LogP contribution in [0.3, 0.4) is 0 Å². The van der Waals surface area contributed by atoms with Crippen molar-refractivity contribution in [1.29, 1.82) is 0 Å². The van der Waals surface area contributed by atoms with Crippen LogP contribution in [0.15, 0.2) is 48.5 Å². The average molecular weight is 504 g/mol. The smallest absolute Gasteiger partial charge is 0.242 e. The molecule has 6 nitrogen and oxygen atoms in total. The molecule has 0 saturated heterocycles. The molecule has 1 aliphatic carbocycles. The summed E-state index contributed by atoms with van der Waals surface area (Å²) in [4.78, 5) is 0. The predicted octanol–water partition coefficient (Wildman–Crippen LogP) is 6.76. The Kier molecular flexibility index (Phi) is 12.0. The molecule has 194 valence electrons. The molecular weight excluding hydrogens is 461 g/mol. The maximum atomic E-state index is 13.7. The molecule has 1 fully saturated rings. The highest BCUT2D eigenvalue weighted by atomic mass is 31.2. The number of benzene rings is 2. The van der Waals surface area contributed by atoms with E-state index in [2.05, 4.69) is 24.4 Å². The molecule has 0 spiro atoms. The Balaban J connectivity index is 1.34. The number of aromatic hydroxyl groups is 1. The first-order chi connectivity index (χ1) is 17.1. The van der Waals surface area contributed by atoms with Crippen molar-refractivity contribution in [2.45, 2.75) is 70.4 Å². The molecule has 2 aromatic carbocycles. The molecule has 1 unspecified atom stereocenters. The van der Waals surface area contributed by atoms with Crippen LogP contribution in [0.2, 0.25) is 0 Å². The van der Waals surface area contributed by atoms with Crippen LogP contribution in [0.1, 0.15) is 63.9 Å². The summed E-state index contributed by atoms with van der Waals surface area (Å²) in [5.74, 6) is 1.77. The van der Waals surface area contributed by atoms with E-state index in [9.17, 15) is 9.67 Å². The minimum Gasteiger partial charge on any atom is -0.508 e. The molecule has 1 aliphatic rings. The van der Waals surface area contributed by atoms with Gasteiger partial charge in [0.25, 0.3) is 0 Å². The zero-order chi connectivity index (χ0) is 24.8. The molecule has 7 heteroatoms. The minimum absolute atomic E-state index is 0.143. The number of phenolic OH excluding ortho intramolecular Hbond substituents is 1.